The first kappa shape index (κ1) is 20.4. The Labute approximate surface area is 161 Å². The van der Waals surface area contributed by atoms with Gasteiger partial charge in [0, 0.05) is 12.1 Å². The zero-order valence-electron chi connectivity index (χ0n) is 16.1. The normalized spacial score (nSPS) is 13.1. The van der Waals surface area contributed by atoms with Gasteiger partial charge in [0.05, 0.1) is 0 Å². The Hall–Kier alpha value is -2.88. The Bertz CT molecular complexity index is 766. The molecule has 0 aliphatic rings. The highest BCUT2D eigenvalue weighted by Gasteiger charge is 2.18. The van der Waals surface area contributed by atoms with Crippen molar-refractivity contribution in [2.45, 2.75) is 45.8 Å². The van der Waals surface area contributed by atoms with E-state index >= 15 is 0 Å². The first-order valence-corrected chi connectivity index (χ1v) is 9.23. The van der Waals surface area contributed by atoms with Gasteiger partial charge in [-0.3, -0.25) is 4.79 Å². The number of esters is 1. The van der Waals surface area contributed by atoms with Crippen molar-refractivity contribution in [2.24, 2.45) is 0 Å². The highest BCUT2D eigenvalue weighted by atomic mass is 16.5. The van der Waals surface area contributed by atoms with E-state index in [-0.39, 0.29) is 11.9 Å². The lowest BCUT2D eigenvalue weighted by Gasteiger charge is -2.17. The molecule has 2 aromatic carbocycles. The van der Waals surface area contributed by atoms with E-state index in [1.54, 1.807) is 13.0 Å². The van der Waals surface area contributed by atoms with Crippen LogP contribution in [-0.2, 0) is 20.7 Å². The van der Waals surface area contributed by atoms with Crippen molar-refractivity contribution >= 4 is 18.0 Å². The van der Waals surface area contributed by atoms with Crippen molar-refractivity contribution in [1.82, 2.24) is 5.32 Å². The maximum absolute atomic E-state index is 12.2. The zero-order chi connectivity index (χ0) is 19.6. The van der Waals surface area contributed by atoms with E-state index in [0.29, 0.717) is 0 Å². The molecular weight excluding hydrogens is 338 g/mol. The second-order valence-electron chi connectivity index (χ2n) is 6.76. The summed E-state index contributed by atoms with van der Waals surface area (Å²) in [6.45, 7) is 5.53. The van der Waals surface area contributed by atoms with E-state index in [1.165, 1.54) is 11.6 Å². The van der Waals surface area contributed by atoms with Crippen LogP contribution in [0.5, 0.6) is 0 Å². The molecule has 0 heterocycles. The molecule has 0 aromatic heterocycles. The molecule has 0 aliphatic carbocycles. The van der Waals surface area contributed by atoms with Gasteiger partial charge in [-0.1, -0.05) is 60.2 Å². The molecule has 0 saturated heterocycles. The minimum Gasteiger partial charge on any atom is -0.449 e. The van der Waals surface area contributed by atoms with E-state index in [1.807, 2.05) is 56.3 Å². The maximum atomic E-state index is 12.2. The number of benzene rings is 2. The standard InChI is InChI=1S/C23H27NO3/c1-17-9-12-21(13-10-17)15-16-22(25)27-19(3)23(26)24-18(2)11-14-20-7-5-4-6-8-20/h4-10,12-13,15-16,18-19H,11,14H2,1-3H3,(H,24,26)/b16-15+/t18-,19-/m1/s1. The average molecular weight is 365 g/mol. The first-order valence-electron chi connectivity index (χ1n) is 9.23. The third-order valence-corrected chi connectivity index (χ3v) is 4.25. The van der Waals surface area contributed by atoms with Gasteiger partial charge in [-0.15, -0.1) is 0 Å². The smallest absolute Gasteiger partial charge is 0.331 e. The minimum atomic E-state index is -0.834. The number of aryl methyl sites for hydroxylation is 2. The van der Waals surface area contributed by atoms with Crippen LogP contribution >= 0.6 is 0 Å². The van der Waals surface area contributed by atoms with Crippen molar-refractivity contribution in [3.8, 4) is 0 Å². The van der Waals surface area contributed by atoms with Gasteiger partial charge in [0.2, 0.25) is 0 Å². The fourth-order valence-corrected chi connectivity index (χ4v) is 2.57. The fraction of sp³-hybridized carbons (Fsp3) is 0.304. The van der Waals surface area contributed by atoms with Crippen LogP contribution in [0.3, 0.4) is 0 Å². The Morgan fingerprint density at radius 3 is 2.37 bits per heavy atom. The van der Waals surface area contributed by atoms with Gasteiger partial charge in [0.25, 0.3) is 5.91 Å². The summed E-state index contributed by atoms with van der Waals surface area (Å²) < 4.78 is 5.18. The Morgan fingerprint density at radius 1 is 1.04 bits per heavy atom. The SMILES string of the molecule is Cc1ccc(/C=C/C(=O)O[C@H](C)C(=O)N[C@H](C)CCc2ccccc2)cc1. The summed E-state index contributed by atoms with van der Waals surface area (Å²) in [5, 5.41) is 2.90. The Balaban J connectivity index is 1.75. The molecule has 1 amide bonds. The Kier molecular flexibility index (Phi) is 7.80. The van der Waals surface area contributed by atoms with Crippen LogP contribution in [0.2, 0.25) is 0 Å². The molecule has 4 nitrogen and oxygen atoms in total. The largest absolute Gasteiger partial charge is 0.449 e. The van der Waals surface area contributed by atoms with Crippen LogP contribution < -0.4 is 5.32 Å². The van der Waals surface area contributed by atoms with E-state index in [9.17, 15) is 9.59 Å². The molecule has 142 valence electrons. The lowest BCUT2D eigenvalue weighted by Crippen LogP contribution is -2.40. The maximum Gasteiger partial charge on any atom is 0.331 e. The molecule has 0 saturated carbocycles. The van der Waals surface area contributed by atoms with E-state index in [4.69, 9.17) is 4.74 Å². The number of hydrogen-bond donors (Lipinski definition) is 1. The quantitative estimate of drug-likeness (QED) is 0.566. The van der Waals surface area contributed by atoms with Gasteiger partial charge in [-0.05, 0) is 50.8 Å². The van der Waals surface area contributed by atoms with Crippen molar-refractivity contribution in [3.63, 3.8) is 0 Å². The van der Waals surface area contributed by atoms with Crippen LogP contribution in [0.4, 0.5) is 0 Å². The van der Waals surface area contributed by atoms with E-state index in [2.05, 4.69) is 17.4 Å². The van der Waals surface area contributed by atoms with Crippen LogP contribution in [0.15, 0.2) is 60.7 Å². The molecule has 4 heteroatoms. The molecule has 2 aromatic rings. The number of carbonyl (C=O) groups excluding carboxylic acids is 2. The zero-order valence-corrected chi connectivity index (χ0v) is 16.1. The first-order chi connectivity index (χ1) is 12.9. The van der Waals surface area contributed by atoms with Gasteiger partial charge in [0.15, 0.2) is 6.10 Å². The van der Waals surface area contributed by atoms with Crippen LogP contribution in [0.1, 0.15) is 37.0 Å². The minimum absolute atomic E-state index is 0.00181. The van der Waals surface area contributed by atoms with Gasteiger partial charge in [-0.2, -0.15) is 0 Å². The lowest BCUT2D eigenvalue weighted by atomic mass is 10.1. The summed E-state index contributed by atoms with van der Waals surface area (Å²) in [5.41, 5.74) is 3.30. The highest BCUT2D eigenvalue weighted by molar-refractivity contribution is 5.90. The second kappa shape index (κ2) is 10.3. The monoisotopic (exact) mass is 365 g/mol. The van der Waals surface area contributed by atoms with E-state index in [0.717, 1.165) is 24.0 Å². The summed E-state index contributed by atoms with van der Waals surface area (Å²) >= 11 is 0. The lowest BCUT2D eigenvalue weighted by molar-refractivity contribution is -0.150. The highest BCUT2D eigenvalue weighted by Crippen LogP contribution is 2.07. The van der Waals surface area contributed by atoms with Gasteiger partial charge in [0.1, 0.15) is 0 Å². The van der Waals surface area contributed by atoms with Crippen LogP contribution in [0, 0.1) is 6.92 Å². The van der Waals surface area contributed by atoms with Crippen molar-refractivity contribution in [1.29, 1.82) is 0 Å². The summed E-state index contributed by atoms with van der Waals surface area (Å²) in [4.78, 5) is 24.1. The molecule has 0 unspecified atom stereocenters. The van der Waals surface area contributed by atoms with E-state index < -0.39 is 12.1 Å². The predicted molar refractivity (Wildman–Crippen MR) is 108 cm³/mol. The molecule has 0 fully saturated rings. The molecule has 0 radical (unpaired) electrons. The van der Waals surface area contributed by atoms with Gasteiger partial charge >= 0.3 is 5.97 Å². The molecule has 0 bridgehead atoms. The van der Waals surface area contributed by atoms with Crippen molar-refractivity contribution < 1.29 is 14.3 Å². The molecule has 0 aliphatic heterocycles. The molecule has 27 heavy (non-hydrogen) atoms. The van der Waals surface area contributed by atoms with Crippen molar-refractivity contribution in [3.05, 3.63) is 77.4 Å². The fourth-order valence-electron chi connectivity index (χ4n) is 2.57. The summed E-state index contributed by atoms with van der Waals surface area (Å²) in [6.07, 6.45) is 3.89. The van der Waals surface area contributed by atoms with Crippen LogP contribution in [-0.4, -0.2) is 24.0 Å². The summed E-state index contributed by atoms with van der Waals surface area (Å²) in [6, 6.07) is 17.9. The third kappa shape index (κ3) is 7.48. The number of ether oxygens (including phenoxy) is 1. The molecule has 1 N–H and O–H groups in total. The summed E-state index contributed by atoms with van der Waals surface area (Å²) in [7, 11) is 0. The number of nitrogens with one attached hydrogen (secondary N) is 1. The number of rotatable bonds is 8. The number of amides is 1. The third-order valence-electron chi connectivity index (χ3n) is 4.25. The summed E-state index contributed by atoms with van der Waals surface area (Å²) in [5.74, 6) is -0.817. The molecule has 2 rings (SSSR count). The number of hydrogen-bond acceptors (Lipinski definition) is 3. The predicted octanol–water partition coefficient (Wildman–Crippen LogP) is 4.08. The second-order valence-corrected chi connectivity index (χ2v) is 6.76. The average Bonchev–Trinajstić information content (AvgIpc) is 2.66. The van der Waals surface area contributed by atoms with Gasteiger partial charge < -0.3 is 10.1 Å². The van der Waals surface area contributed by atoms with Crippen molar-refractivity contribution in [2.75, 3.05) is 0 Å². The van der Waals surface area contributed by atoms with Crippen LogP contribution in [0.25, 0.3) is 6.08 Å². The number of carbonyl (C=O) groups is 2. The Morgan fingerprint density at radius 2 is 1.70 bits per heavy atom. The van der Waals surface area contributed by atoms with Gasteiger partial charge in [-0.25, -0.2) is 4.79 Å². The molecule has 2 atom stereocenters. The molecule has 0 spiro atoms. The topological polar surface area (TPSA) is 55.4 Å². The molecular formula is C23H27NO3.